The zero-order valence-electron chi connectivity index (χ0n) is 12.7. The highest BCUT2D eigenvalue weighted by atomic mass is 79.9. The maximum atomic E-state index is 12.6. The first kappa shape index (κ1) is 15.7. The predicted molar refractivity (Wildman–Crippen MR) is 95.1 cm³/mol. The number of nitrogens with one attached hydrogen (secondary N) is 1. The number of hydrogen-bond acceptors (Lipinski definition) is 5. The highest BCUT2D eigenvalue weighted by Gasteiger charge is 2.38. The van der Waals surface area contributed by atoms with Crippen molar-refractivity contribution in [2.24, 2.45) is 5.92 Å². The Morgan fingerprint density at radius 2 is 2.12 bits per heavy atom. The lowest BCUT2D eigenvalue weighted by Gasteiger charge is -2.16. The third kappa shape index (κ3) is 3.08. The van der Waals surface area contributed by atoms with Crippen molar-refractivity contribution < 1.29 is 9.59 Å². The summed E-state index contributed by atoms with van der Waals surface area (Å²) in [5.74, 6) is -0.626. The van der Waals surface area contributed by atoms with Crippen molar-refractivity contribution in [2.75, 3.05) is 16.8 Å². The van der Waals surface area contributed by atoms with Crippen molar-refractivity contribution in [3.8, 4) is 0 Å². The SMILES string of the molecule is O=C(Nc1nnc(C2CC2)s1)C1CCN(c2cccc(Br)c2)C1=O. The molecule has 1 aromatic heterocycles. The molecule has 1 aliphatic heterocycles. The van der Waals surface area contributed by atoms with Gasteiger partial charge in [-0.3, -0.25) is 14.9 Å². The number of rotatable bonds is 4. The van der Waals surface area contributed by atoms with Crippen LogP contribution < -0.4 is 10.2 Å². The van der Waals surface area contributed by atoms with Crippen LogP contribution in [0.5, 0.6) is 0 Å². The van der Waals surface area contributed by atoms with E-state index < -0.39 is 5.92 Å². The number of halogens is 1. The summed E-state index contributed by atoms with van der Waals surface area (Å²) in [5, 5.41) is 12.3. The van der Waals surface area contributed by atoms with Gasteiger partial charge >= 0.3 is 0 Å². The van der Waals surface area contributed by atoms with E-state index in [4.69, 9.17) is 0 Å². The first-order chi connectivity index (χ1) is 11.6. The van der Waals surface area contributed by atoms with Gasteiger partial charge in [-0.25, -0.2) is 0 Å². The standard InChI is InChI=1S/C16H15BrN4O2S/c17-10-2-1-3-11(8-10)21-7-6-12(15(21)23)13(22)18-16-20-19-14(24-16)9-4-5-9/h1-3,8-9,12H,4-7H2,(H,18,20,22). The molecule has 1 atom stereocenters. The smallest absolute Gasteiger partial charge is 0.239 e. The van der Waals surface area contributed by atoms with Gasteiger partial charge in [0.25, 0.3) is 0 Å². The van der Waals surface area contributed by atoms with Crippen molar-refractivity contribution in [1.82, 2.24) is 10.2 Å². The van der Waals surface area contributed by atoms with E-state index in [2.05, 4.69) is 31.4 Å². The van der Waals surface area contributed by atoms with Gasteiger partial charge in [-0.1, -0.05) is 33.3 Å². The van der Waals surface area contributed by atoms with Crippen LogP contribution in [0.1, 0.15) is 30.2 Å². The number of hydrogen-bond donors (Lipinski definition) is 1. The van der Waals surface area contributed by atoms with E-state index in [1.165, 1.54) is 11.3 Å². The van der Waals surface area contributed by atoms with Crippen LogP contribution in [0, 0.1) is 5.92 Å². The zero-order valence-corrected chi connectivity index (χ0v) is 15.1. The predicted octanol–water partition coefficient (Wildman–Crippen LogP) is 3.17. The quantitative estimate of drug-likeness (QED) is 0.791. The molecule has 1 saturated carbocycles. The van der Waals surface area contributed by atoms with Crippen LogP contribution in [0.2, 0.25) is 0 Å². The fourth-order valence-electron chi connectivity index (χ4n) is 2.80. The lowest BCUT2D eigenvalue weighted by molar-refractivity contribution is -0.129. The Balaban J connectivity index is 1.44. The van der Waals surface area contributed by atoms with Crippen LogP contribution in [-0.2, 0) is 9.59 Å². The number of carbonyl (C=O) groups is 2. The molecule has 1 saturated heterocycles. The highest BCUT2D eigenvalue weighted by Crippen LogP contribution is 2.42. The van der Waals surface area contributed by atoms with Crippen molar-refractivity contribution in [2.45, 2.75) is 25.2 Å². The maximum Gasteiger partial charge on any atom is 0.239 e. The van der Waals surface area contributed by atoms with Gasteiger partial charge in [-0.2, -0.15) is 0 Å². The van der Waals surface area contributed by atoms with E-state index in [1.807, 2.05) is 24.3 Å². The van der Waals surface area contributed by atoms with Crippen LogP contribution >= 0.6 is 27.3 Å². The second-order valence-corrected chi connectivity index (χ2v) is 7.94. The molecule has 2 heterocycles. The monoisotopic (exact) mass is 406 g/mol. The first-order valence-corrected chi connectivity index (χ1v) is 9.44. The molecule has 4 rings (SSSR count). The van der Waals surface area contributed by atoms with Gasteiger partial charge in [0.2, 0.25) is 16.9 Å². The first-order valence-electron chi connectivity index (χ1n) is 7.83. The van der Waals surface area contributed by atoms with E-state index >= 15 is 0 Å². The highest BCUT2D eigenvalue weighted by molar-refractivity contribution is 9.10. The second-order valence-electron chi connectivity index (χ2n) is 6.02. The van der Waals surface area contributed by atoms with Crippen LogP contribution in [-0.4, -0.2) is 28.6 Å². The molecule has 2 aliphatic rings. The van der Waals surface area contributed by atoms with E-state index in [-0.39, 0.29) is 11.8 Å². The summed E-state index contributed by atoms with van der Waals surface area (Å²) in [6.07, 6.45) is 2.79. The molecule has 124 valence electrons. The number of aromatic nitrogens is 2. The molecular formula is C16H15BrN4O2S. The Morgan fingerprint density at radius 3 is 2.88 bits per heavy atom. The second kappa shape index (κ2) is 6.25. The normalized spacial score (nSPS) is 20.5. The lowest BCUT2D eigenvalue weighted by atomic mass is 10.1. The summed E-state index contributed by atoms with van der Waals surface area (Å²) in [5.41, 5.74) is 0.802. The van der Waals surface area contributed by atoms with Gasteiger partial charge in [-0.15, -0.1) is 10.2 Å². The molecule has 1 N–H and O–H groups in total. The van der Waals surface area contributed by atoms with Gasteiger partial charge in [0, 0.05) is 22.6 Å². The fraction of sp³-hybridized carbons (Fsp3) is 0.375. The Kier molecular flexibility index (Phi) is 4.09. The van der Waals surface area contributed by atoms with Gasteiger partial charge in [0.15, 0.2) is 0 Å². The van der Waals surface area contributed by atoms with Crippen molar-refractivity contribution >= 4 is 49.9 Å². The lowest BCUT2D eigenvalue weighted by Crippen LogP contribution is -2.33. The zero-order chi connectivity index (χ0) is 16.7. The molecule has 24 heavy (non-hydrogen) atoms. The third-order valence-electron chi connectivity index (χ3n) is 4.24. The number of amides is 2. The summed E-state index contributed by atoms with van der Waals surface area (Å²) < 4.78 is 0.905. The molecule has 2 aromatic rings. The van der Waals surface area contributed by atoms with Crippen molar-refractivity contribution in [3.63, 3.8) is 0 Å². The average Bonchev–Trinajstić information content (AvgIpc) is 3.18. The molecule has 1 unspecified atom stereocenters. The molecule has 6 nitrogen and oxygen atoms in total. The summed E-state index contributed by atoms with van der Waals surface area (Å²) >= 11 is 4.81. The molecular weight excluding hydrogens is 392 g/mol. The number of anilines is 2. The maximum absolute atomic E-state index is 12.6. The summed E-state index contributed by atoms with van der Waals surface area (Å²) in [7, 11) is 0. The molecule has 1 aliphatic carbocycles. The topological polar surface area (TPSA) is 75.2 Å². The van der Waals surface area contributed by atoms with Crippen LogP contribution in [0.25, 0.3) is 0 Å². The number of nitrogens with zero attached hydrogens (tertiary/aromatic N) is 3. The molecule has 2 fully saturated rings. The van der Waals surface area contributed by atoms with E-state index in [0.717, 1.165) is 28.0 Å². The summed E-state index contributed by atoms with van der Waals surface area (Å²) in [6, 6.07) is 7.53. The summed E-state index contributed by atoms with van der Waals surface area (Å²) in [6.45, 7) is 0.539. The van der Waals surface area contributed by atoms with E-state index in [0.29, 0.717) is 24.0 Å². The van der Waals surface area contributed by atoms with Gasteiger partial charge in [-0.05, 0) is 37.5 Å². The Bertz CT molecular complexity index is 805. The Hall–Kier alpha value is -1.80. The molecule has 8 heteroatoms. The Morgan fingerprint density at radius 1 is 1.29 bits per heavy atom. The van der Waals surface area contributed by atoms with Crippen molar-refractivity contribution in [3.05, 3.63) is 33.7 Å². The van der Waals surface area contributed by atoms with E-state index in [1.54, 1.807) is 4.90 Å². The summed E-state index contributed by atoms with van der Waals surface area (Å²) in [4.78, 5) is 26.7. The van der Waals surface area contributed by atoms with Crippen LogP contribution in [0.3, 0.4) is 0 Å². The third-order valence-corrected chi connectivity index (χ3v) is 5.73. The minimum atomic E-state index is -0.669. The van der Waals surface area contributed by atoms with Crippen LogP contribution in [0.4, 0.5) is 10.8 Å². The van der Waals surface area contributed by atoms with Gasteiger partial charge in [0.05, 0.1) is 0 Å². The molecule has 2 amide bonds. The van der Waals surface area contributed by atoms with E-state index in [9.17, 15) is 9.59 Å². The molecule has 0 bridgehead atoms. The largest absolute Gasteiger partial charge is 0.312 e. The number of carbonyl (C=O) groups excluding carboxylic acids is 2. The molecule has 0 spiro atoms. The van der Waals surface area contributed by atoms with Crippen LogP contribution in [0.15, 0.2) is 28.7 Å². The van der Waals surface area contributed by atoms with Crippen molar-refractivity contribution in [1.29, 1.82) is 0 Å². The minimum absolute atomic E-state index is 0.169. The molecule has 0 radical (unpaired) electrons. The van der Waals surface area contributed by atoms with Gasteiger partial charge < -0.3 is 4.90 Å². The fourth-order valence-corrected chi connectivity index (χ4v) is 4.10. The molecule has 1 aromatic carbocycles. The number of benzene rings is 1. The Labute approximate surface area is 151 Å². The van der Waals surface area contributed by atoms with Gasteiger partial charge in [0.1, 0.15) is 10.9 Å². The minimum Gasteiger partial charge on any atom is -0.312 e. The average molecular weight is 407 g/mol.